The van der Waals surface area contributed by atoms with Crippen LogP contribution in [0.1, 0.15) is 31.5 Å². The van der Waals surface area contributed by atoms with Gasteiger partial charge in [0.1, 0.15) is 5.69 Å². The second-order valence-corrected chi connectivity index (χ2v) is 2.15. The summed E-state index contributed by atoms with van der Waals surface area (Å²) in [6.07, 6.45) is -3.41. The summed E-state index contributed by atoms with van der Waals surface area (Å²) in [4.78, 5) is 16.6. The third kappa shape index (κ3) is 3.92. The van der Waals surface area contributed by atoms with Gasteiger partial charge in [-0.05, 0) is 0 Å². The number of carbonyl (C=O) groups is 1. The molecule has 0 radical (unpaired) electrons. The Bertz CT molecular complexity index is 326. The van der Waals surface area contributed by atoms with Crippen molar-refractivity contribution in [2.24, 2.45) is 5.73 Å². The van der Waals surface area contributed by atoms with E-state index in [1.54, 1.807) is 0 Å². The van der Waals surface area contributed by atoms with E-state index >= 15 is 0 Å². The van der Waals surface area contributed by atoms with Gasteiger partial charge >= 0.3 is 6.18 Å². The molecule has 0 fully saturated rings. The molecule has 15 heavy (non-hydrogen) atoms. The van der Waals surface area contributed by atoms with Crippen LogP contribution in [-0.4, -0.2) is 15.9 Å². The van der Waals surface area contributed by atoms with E-state index in [1.165, 1.54) is 0 Å². The largest absolute Gasteiger partial charge is 0.434 e. The van der Waals surface area contributed by atoms with Crippen LogP contribution in [0.25, 0.3) is 0 Å². The van der Waals surface area contributed by atoms with Gasteiger partial charge in [-0.2, -0.15) is 13.2 Å². The first-order valence-corrected chi connectivity index (χ1v) is 4.10. The molecule has 1 aromatic heterocycles. The van der Waals surface area contributed by atoms with Gasteiger partial charge in [0.15, 0.2) is 5.69 Å². The second-order valence-electron chi connectivity index (χ2n) is 2.15. The zero-order chi connectivity index (χ0) is 12.1. The van der Waals surface area contributed by atoms with Gasteiger partial charge in [0.25, 0.3) is 5.91 Å². The average Bonchev–Trinajstić information content (AvgIpc) is 2.20. The number of rotatable bonds is 1. The van der Waals surface area contributed by atoms with Gasteiger partial charge in [0, 0.05) is 1.43 Å². The molecule has 1 rings (SSSR count). The number of nitrogens with two attached hydrogens (primary N) is 1. The maximum Gasteiger partial charge on any atom is 0.434 e. The van der Waals surface area contributed by atoms with Crippen LogP contribution in [0.4, 0.5) is 13.2 Å². The van der Waals surface area contributed by atoms with Gasteiger partial charge in [0.05, 0.1) is 12.4 Å². The van der Waals surface area contributed by atoms with Crippen molar-refractivity contribution in [2.75, 3.05) is 0 Å². The summed E-state index contributed by atoms with van der Waals surface area (Å²) < 4.78 is 35.7. The van der Waals surface area contributed by atoms with Gasteiger partial charge in [-0.1, -0.05) is 13.8 Å². The fourth-order valence-corrected chi connectivity index (χ4v) is 0.602. The molecule has 1 aromatic rings. The minimum absolute atomic E-state index is 0. The Labute approximate surface area is 85.8 Å². The lowest BCUT2D eigenvalue weighted by Crippen LogP contribution is -2.15. The summed E-state index contributed by atoms with van der Waals surface area (Å²) >= 11 is 0. The van der Waals surface area contributed by atoms with Gasteiger partial charge in [0.2, 0.25) is 0 Å². The van der Waals surface area contributed by atoms with E-state index in [1.807, 2.05) is 13.8 Å². The summed E-state index contributed by atoms with van der Waals surface area (Å²) in [7, 11) is 0. The Morgan fingerprint density at radius 3 is 2.13 bits per heavy atom. The zero-order valence-electron chi connectivity index (χ0n) is 8.17. The molecule has 0 saturated carbocycles. The second kappa shape index (κ2) is 5.28. The smallest absolute Gasteiger partial charge is 0.364 e. The van der Waals surface area contributed by atoms with Crippen LogP contribution < -0.4 is 5.73 Å². The van der Waals surface area contributed by atoms with Crippen LogP contribution in [0.15, 0.2) is 12.4 Å². The number of aromatic nitrogens is 2. The molecule has 0 unspecified atom stereocenters. The fourth-order valence-electron chi connectivity index (χ4n) is 0.602. The van der Waals surface area contributed by atoms with E-state index in [-0.39, 0.29) is 7.12 Å². The van der Waals surface area contributed by atoms with Crippen molar-refractivity contribution in [2.45, 2.75) is 20.0 Å². The minimum atomic E-state index is -4.55. The average molecular weight is 223 g/mol. The first kappa shape index (κ1) is 13.3. The third-order valence-corrected chi connectivity index (χ3v) is 1.19. The molecular formula is C8H12F3N3O. The van der Waals surface area contributed by atoms with Gasteiger partial charge in [-0.15, -0.1) is 0 Å². The lowest BCUT2D eigenvalue weighted by atomic mass is 10.4. The van der Waals surface area contributed by atoms with E-state index in [0.717, 1.165) is 0 Å². The molecule has 4 nitrogen and oxygen atoms in total. The van der Waals surface area contributed by atoms with Crippen molar-refractivity contribution in [3.05, 3.63) is 23.8 Å². The Morgan fingerprint density at radius 2 is 1.87 bits per heavy atom. The molecule has 1 heterocycles. The van der Waals surface area contributed by atoms with E-state index in [0.29, 0.717) is 12.4 Å². The van der Waals surface area contributed by atoms with E-state index in [9.17, 15) is 18.0 Å². The predicted molar refractivity (Wildman–Crippen MR) is 49.0 cm³/mol. The molecule has 0 aromatic carbocycles. The van der Waals surface area contributed by atoms with Gasteiger partial charge < -0.3 is 5.73 Å². The number of carbonyl (C=O) groups excluding carboxylic acids is 1. The van der Waals surface area contributed by atoms with E-state index in [4.69, 9.17) is 5.73 Å². The van der Waals surface area contributed by atoms with E-state index < -0.39 is 17.8 Å². The predicted octanol–water partition coefficient (Wildman–Crippen LogP) is 1.87. The van der Waals surface area contributed by atoms with Crippen LogP contribution in [0.2, 0.25) is 0 Å². The Morgan fingerprint density at radius 1 is 1.33 bits per heavy atom. The molecule has 0 spiro atoms. The van der Waals surface area contributed by atoms with E-state index in [2.05, 4.69) is 9.97 Å². The van der Waals surface area contributed by atoms with Crippen molar-refractivity contribution < 1.29 is 19.4 Å². The molecule has 0 saturated heterocycles. The van der Waals surface area contributed by atoms with Crippen molar-refractivity contribution in [1.29, 1.82) is 0 Å². The molecule has 86 valence electrons. The highest BCUT2D eigenvalue weighted by atomic mass is 19.4. The maximum atomic E-state index is 11.9. The molecule has 0 atom stereocenters. The summed E-state index contributed by atoms with van der Waals surface area (Å²) in [5, 5.41) is 0. The van der Waals surface area contributed by atoms with Gasteiger partial charge in [-0.3, -0.25) is 4.79 Å². The molecule has 0 aliphatic rings. The summed E-state index contributed by atoms with van der Waals surface area (Å²) in [5.41, 5.74) is 3.30. The highest BCUT2D eigenvalue weighted by molar-refractivity contribution is 5.90. The van der Waals surface area contributed by atoms with Crippen LogP contribution in [0, 0.1) is 0 Å². The summed E-state index contributed by atoms with van der Waals surface area (Å²) in [6, 6.07) is 0. The number of amides is 1. The maximum absolute atomic E-state index is 11.9. The molecule has 7 heteroatoms. The number of nitrogens with zero attached hydrogens (tertiary/aromatic N) is 2. The minimum Gasteiger partial charge on any atom is -0.364 e. The monoisotopic (exact) mass is 223 g/mol. The quantitative estimate of drug-likeness (QED) is 0.790. The first-order valence-electron chi connectivity index (χ1n) is 4.10. The zero-order valence-corrected chi connectivity index (χ0v) is 8.17. The molecular weight excluding hydrogens is 211 g/mol. The van der Waals surface area contributed by atoms with Crippen LogP contribution in [0.3, 0.4) is 0 Å². The normalized spacial score (nSPS) is 10.2. The summed E-state index contributed by atoms with van der Waals surface area (Å²) in [6.45, 7) is 4.00. The number of primary amides is 1. The number of hydrogen-bond donors (Lipinski definition) is 1. The SMILES string of the molecule is CC.NC(=O)c1cnc(C(F)(F)F)cn1.[HH]. The van der Waals surface area contributed by atoms with Gasteiger partial charge in [-0.25, -0.2) is 9.97 Å². The fraction of sp³-hybridized carbons (Fsp3) is 0.375. The highest BCUT2D eigenvalue weighted by Crippen LogP contribution is 2.26. The molecule has 1 amide bonds. The van der Waals surface area contributed by atoms with Crippen molar-refractivity contribution in [1.82, 2.24) is 9.97 Å². The first-order chi connectivity index (χ1) is 6.91. The standard InChI is InChI=1S/C6H4F3N3O.C2H6.H2/c7-6(8,9)4-2-11-3(1-12-4)5(10)13;1-2;/h1-2H,(H2,10,13);1-2H3;1H. The van der Waals surface area contributed by atoms with Crippen molar-refractivity contribution in [3.8, 4) is 0 Å². The van der Waals surface area contributed by atoms with Crippen LogP contribution in [-0.2, 0) is 6.18 Å². The number of alkyl halides is 3. The lowest BCUT2D eigenvalue weighted by Gasteiger charge is -2.03. The Kier molecular flexibility index (Phi) is 4.69. The summed E-state index contributed by atoms with van der Waals surface area (Å²) in [5.74, 6) is -0.916. The molecule has 0 aliphatic carbocycles. The van der Waals surface area contributed by atoms with Crippen LogP contribution in [0.5, 0.6) is 0 Å². The number of halogens is 3. The highest BCUT2D eigenvalue weighted by Gasteiger charge is 2.32. The van der Waals surface area contributed by atoms with Crippen molar-refractivity contribution in [3.63, 3.8) is 0 Å². The van der Waals surface area contributed by atoms with Crippen LogP contribution >= 0.6 is 0 Å². The number of hydrogen-bond acceptors (Lipinski definition) is 3. The van der Waals surface area contributed by atoms with Crippen molar-refractivity contribution >= 4 is 5.91 Å². The Balaban J connectivity index is 0. The Hall–Kier alpha value is -1.66. The molecule has 0 bridgehead atoms. The lowest BCUT2D eigenvalue weighted by molar-refractivity contribution is -0.141. The topological polar surface area (TPSA) is 68.9 Å². The molecule has 0 aliphatic heterocycles. The molecule has 2 N–H and O–H groups in total. The third-order valence-electron chi connectivity index (χ3n) is 1.19.